The number of fused-ring (bicyclic) bond motifs is 1. The van der Waals surface area contributed by atoms with Gasteiger partial charge in [-0.05, 0) is 39.3 Å². The van der Waals surface area contributed by atoms with E-state index in [0.29, 0.717) is 31.9 Å². The third-order valence-electron chi connectivity index (χ3n) is 4.20. The third kappa shape index (κ3) is 5.13. The van der Waals surface area contributed by atoms with Crippen LogP contribution in [0.1, 0.15) is 32.0 Å². The van der Waals surface area contributed by atoms with E-state index in [4.69, 9.17) is 4.74 Å². The highest BCUT2D eigenvalue weighted by Gasteiger charge is 2.22. The highest BCUT2D eigenvalue weighted by atomic mass is 16.6. The summed E-state index contributed by atoms with van der Waals surface area (Å²) in [6.07, 6.45) is 3.56. The molecule has 3 heterocycles. The Kier molecular flexibility index (Phi) is 5.55. The highest BCUT2D eigenvalue weighted by molar-refractivity contribution is 5.67. The van der Waals surface area contributed by atoms with Gasteiger partial charge in [0.25, 0.3) is 5.56 Å². The first-order valence-electron chi connectivity index (χ1n) is 9.03. The Bertz CT molecular complexity index is 858. The zero-order valence-electron chi connectivity index (χ0n) is 15.9. The fraction of sp³-hybridized carbons (Fsp3) is 0.474. The van der Waals surface area contributed by atoms with Gasteiger partial charge in [0.1, 0.15) is 11.4 Å². The number of H-pyrrole nitrogens is 1. The molecule has 0 atom stereocenters. The summed E-state index contributed by atoms with van der Waals surface area (Å²) in [4.78, 5) is 37.8. The Morgan fingerprint density at radius 2 is 2.07 bits per heavy atom. The molecule has 0 bridgehead atoms. The minimum absolute atomic E-state index is 0.0849. The Balaban J connectivity index is 1.63. The molecule has 0 aromatic carbocycles. The summed E-state index contributed by atoms with van der Waals surface area (Å²) in [5.41, 5.74) is 1.76. The third-order valence-corrected chi connectivity index (χ3v) is 4.20. The maximum absolute atomic E-state index is 12.4. The Morgan fingerprint density at radius 3 is 2.78 bits per heavy atom. The maximum Gasteiger partial charge on any atom is 0.407 e. The standard InChI is InChI=1S/C19H25N5O3/c1-19(2,3)27-18(26)21-9-11-24-10-6-14-15(12-24)22-16(23-17(14)25)13-4-7-20-8-5-13/h4-5,7-8H,6,9-12H2,1-3H3,(H,21,26)(H,22,23,25). The number of nitrogens with zero attached hydrogens (tertiary/aromatic N) is 3. The van der Waals surface area contributed by atoms with Crippen molar-refractivity contribution in [3.05, 3.63) is 46.1 Å². The largest absolute Gasteiger partial charge is 0.444 e. The molecule has 2 N–H and O–H groups in total. The molecule has 0 fully saturated rings. The van der Waals surface area contributed by atoms with Crippen LogP contribution in [0, 0.1) is 0 Å². The first-order valence-corrected chi connectivity index (χ1v) is 9.03. The van der Waals surface area contributed by atoms with E-state index in [9.17, 15) is 9.59 Å². The van der Waals surface area contributed by atoms with Crippen molar-refractivity contribution in [2.24, 2.45) is 0 Å². The van der Waals surface area contributed by atoms with Crippen molar-refractivity contribution < 1.29 is 9.53 Å². The molecule has 0 saturated carbocycles. The summed E-state index contributed by atoms with van der Waals surface area (Å²) in [5.74, 6) is 0.551. The van der Waals surface area contributed by atoms with Crippen LogP contribution in [-0.4, -0.2) is 51.2 Å². The van der Waals surface area contributed by atoms with Crippen LogP contribution in [0.3, 0.4) is 0 Å². The fourth-order valence-electron chi connectivity index (χ4n) is 2.96. The van der Waals surface area contributed by atoms with Crippen molar-refractivity contribution in [3.63, 3.8) is 0 Å². The van der Waals surface area contributed by atoms with E-state index in [-0.39, 0.29) is 5.56 Å². The van der Waals surface area contributed by atoms with E-state index >= 15 is 0 Å². The van der Waals surface area contributed by atoms with Crippen molar-refractivity contribution >= 4 is 6.09 Å². The molecular weight excluding hydrogens is 346 g/mol. The molecule has 0 unspecified atom stereocenters. The first kappa shape index (κ1) is 19.0. The van der Waals surface area contributed by atoms with Gasteiger partial charge in [0, 0.05) is 49.7 Å². The number of rotatable bonds is 4. The minimum Gasteiger partial charge on any atom is -0.444 e. The van der Waals surface area contributed by atoms with Crippen molar-refractivity contribution in [1.29, 1.82) is 0 Å². The van der Waals surface area contributed by atoms with Crippen LogP contribution in [0.5, 0.6) is 0 Å². The summed E-state index contributed by atoms with van der Waals surface area (Å²) in [7, 11) is 0. The monoisotopic (exact) mass is 371 g/mol. The second-order valence-corrected chi connectivity index (χ2v) is 7.53. The number of carbonyl (C=O) groups excluding carboxylic acids is 1. The number of aromatic nitrogens is 3. The number of alkyl carbamates (subject to hydrolysis) is 1. The number of aromatic amines is 1. The van der Waals surface area contributed by atoms with Gasteiger partial charge in [0.2, 0.25) is 0 Å². The number of ether oxygens (including phenoxy) is 1. The van der Waals surface area contributed by atoms with E-state index in [1.807, 2.05) is 32.9 Å². The average molecular weight is 371 g/mol. The molecule has 2 aromatic heterocycles. The van der Waals surface area contributed by atoms with Gasteiger partial charge in [-0.1, -0.05) is 0 Å². The molecule has 27 heavy (non-hydrogen) atoms. The zero-order chi connectivity index (χ0) is 19.4. The second-order valence-electron chi connectivity index (χ2n) is 7.53. The van der Waals surface area contributed by atoms with Gasteiger partial charge in [-0.2, -0.15) is 0 Å². The van der Waals surface area contributed by atoms with E-state index < -0.39 is 11.7 Å². The van der Waals surface area contributed by atoms with Crippen molar-refractivity contribution in [3.8, 4) is 11.4 Å². The van der Waals surface area contributed by atoms with Gasteiger partial charge in [-0.15, -0.1) is 0 Å². The van der Waals surface area contributed by atoms with Gasteiger partial charge in [0.05, 0.1) is 5.69 Å². The lowest BCUT2D eigenvalue weighted by molar-refractivity contribution is 0.0521. The predicted octanol–water partition coefficient (Wildman–Crippen LogP) is 1.71. The summed E-state index contributed by atoms with van der Waals surface area (Å²) in [5, 5.41) is 2.76. The smallest absolute Gasteiger partial charge is 0.407 e. The average Bonchev–Trinajstić information content (AvgIpc) is 2.60. The number of nitrogens with one attached hydrogen (secondary N) is 2. The fourth-order valence-corrected chi connectivity index (χ4v) is 2.96. The van der Waals surface area contributed by atoms with Gasteiger partial charge >= 0.3 is 6.09 Å². The molecule has 2 aromatic rings. The summed E-state index contributed by atoms with van der Waals surface area (Å²) < 4.78 is 5.23. The molecule has 0 spiro atoms. The van der Waals surface area contributed by atoms with Crippen molar-refractivity contribution in [1.82, 2.24) is 25.2 Å². The quantitative estimate of drug-likeness (QED) is 0.849. The van der Waals surface area contributed by atoms with Crippen LogP contribution in [0.15, 0.2) is 29.3 Å². The second kappa shape index (κ2) is 7.87. The van der Waals surface area contributed by atoms with Gasteiger partial charge < -0.3 is 15.0 Å². The first-order chi connectivity index (χ1) is 12.8. The number of carbonyl (C=O) groups is 1. The molecule has 0 radical (unpaired) electrons. The molecule has 8 heteroatoms. The van der Waals surface area contributed by atoms with Crippen molar-refractivity contribution in [2.45, 2.75) is 39.3 Å². The van der Waals surface area contributed by atoms with Crippen LogP contribution in [0.4, 0.5) is 4.79 Å². The minimum atomic E-state index is -0.511. The Hall–Kier alpha value is -2.74. The molecular formula is C19H25N5O3. The number of hydrogen-bond donors (Lipinski definition) is 2. The molecule has 1 amide bonds. The van der Waals surface area contributed by atoms with Crippen LogP contribution in [0.25, 0.3) is 11.4 Å². The summed E-state index contributed by atoms with van der Waals surface area (Å²) >= 11 is 0. The Labute approximate surface area is 158 Å². The van der Waals surface area contributed by atoms with Gasteiger partial charge in [-0.25, -0.2) is 9.78 Å². The maximum atomic E-state index is 12.4. The number of pyridine rings is 1. The summed E-state index contributed by atoms with van der Waals surface area (Å²) in [6, 6.07) is 3.63. The zero-order valence-corrected chi connectivity index (χ0v) is 15.9. The molecule has 0 saturated heterocycles. The van der Waals surface area contributed by atoms with Crippen LogP contribution < -0.4 is 10.9 Å². The molecule has 144 valence electrons. The molecule has 8 nitrogen and oxygen atoms in total. The predicted molar refractivity (Wildman–Crippen MR) is 101 cm³/mol. The van der Waals surface area contributed by atoms with Crippen LogP contribution >= 0.6 is 0 Å². The van der Waals surface area contributed by atoms with Gasteiger partial charge in [0.15, 0.2) is 0 Å². The van der Waals surface area contributed by atoms with E-state index in [2.05, 4.69) is 25.2 Å². The highest BCUT2D eigenvalue weighted by Crippen LogP contribution is 2.18. The molecule has 3 rings (SSSR count). The SMILES string of the molecule is CC(C)(C)OC(=O)NCCN1CCc2c(nc(-c3ccncc3)[nH]c2=O)C1. The molecule has 1 aliphatic heterocycles. The number of hydrogen-bond acceptors (Lipinski definition) is 6. The van der Waals surface area contributed by atoms with Crippen molar-refractivity contribution in [2.75, 3.05) is 19.6 Å². The topological polar surface area (TPSA) is 100 Å². The molecule has 1 aliphatic rings. The lowest BCUT2D eigenvalue weighted by Crippen LogP contribution is -2.41. The lowest BCUT2D eigenvalue weighted by Gasteiger charge is -2.28. The van der Waals surface area contributed by atoms with Gasteiger partial charge in [-0.3, -0.25) is 14.7 Å². The number of amides is 1. The summed E-state index contributed by atoms with van der Waals surface area (Å²) in [6.45, 7) is 7.96. The van der Waals surface area contributed by atoms with E-state index in [1.165, 1.54) is 0 Å². The Morgan fingerprint density at radius 1 is 1.33 bits per heavy atom. The molecule has 0 aliphatic carbocycles. The normalized spacial score (nSPS) is 14.5. The van der Waals surface area contributed by atoms with Crippen LogP contribution in [0.2, 0.25) is 0 Å². The van der Waals surface area contributed by atoms with Crippen LogP contribution in [-0.2, 0) is 17.7 Å². The van der Waals surface area contributed by atoms with E-state index in [1.54, 1.807) is 12.4 Å². The van der Waals surface area contributed by atoms with E-state index in [0.717, 1.165) is 23.4 Å². The lowest BCUT2D eigenvalue weighted by atomic mass is 10.1.